The third-order valence-electron chi connectivity index (χ3n) is 4.03. The van der Waals surface area contributed by atoms with Crippen LogP contribution in [-0.2, 0) is 21.2 Å². The minimum Gasteiger partial charge on any atom is -0.375 e. The predicted molar refractivity (Wildman–Crippen MR) is 73.7 cm³/mol. The van der Waals surface area contributed by atoms with Crippen molar-refractivity contribution in [1.82, 2.24) is 5.32 Å². The molecule has 0 amide bonds. The maximum Gasteiger partial charge on any atom is 0.154 e. The zero-order valence-electron chi connectivity index (χ0n) is 10.8. The second kappa shape index (κ2) is 5.23. The Morgan fingerprint density at radius 2 is 2.16 bits per heavy atom. The quantitative estimate of drug-likeness (QED) is 0.910. The standard InChI is InChI=1S/C14H19NO3S/c16-19(17)7-3-5-12(19)8-15-14-10-18-9-11-4-1-2-6-13(11)14/h1-2,4,6,12,14-15H,3,5,7-10H2. The molecule has 1 saturated heterocycles. The lowest BCUT2D eigenvalue weighted by atomic mass is 9.99. The molecule has 5 heteroatoms. The topological polar surface area (TPSA) is 55.4 Å². The molecule has 19 heavy (non-hydrogen) atoms. The lowest BCUT2D eigenvalue weighted by molar-refractivity contribution is 0.0822. The summed E-state index contributed by atoms with van der Waals surface area (Å²) in [5, 5.41) is 3.15. The monoisotopic (exact) mass is 281 g/mol. The highest BCUT2D eigenvalue weighted by Gasteiger charge is 2.32. The Kier molecular flexibility index (Phi) is 3.60. The molecule has 1 fully saturated rings. The Morgan fingerprint density at radius 1 is 1.32 bits per heavy atom. The van der Waals surface area contributed by atoms with Crippen LogP contribution in [0.3, 0.4) is 0 Å². The van der Waals surface area contributed by atoms with Crippen molar-refractivity contribution in [2.75, 3.05) is 18.9 Å². The molecule has 2 atom stereocenters. The average molecular weight is 281 g/mol. The van der Waals surface area contributed by atoms with Crippen LogP contribution in [0, 0.1) is 0 Å². The summed E-state index contributed by atoms with van der Waals surface area (Å²) in [6, 6.07) is 8.30. The Morgan fingerprint density at radius 3 is 2.95 bits per heavy atom. The zero-order chi connectivity index (χ0) is 13.3. The zero-order valence-corrected chi connectivity index (χ0v) is 11.7. The van der Waals surface area contributed by atoms with Crippen LogP contribution in [0.1, 0.15) is 30.0 Å². The number of rotatable bonds is 3. The predicted octanol–water partition coefficient (Wildman–Crippen LogP) is 1.42. The van der Waals surface area contributed by atoms with E-state index in [1.54, 1.807) is 0 Å². The summed E-state index contributed by atoms with van der Waals surface area (Å²) >= 11 is 0. The fourth-order valence-electron chi connectivity index (χ4n) is 2.91. The van der Waals surface area contributed by atoms with Crippen molar-refractivity contribution < 1.29 is 13.2 Å². The first kappa shape index (κ1) is 13.1. The molecule has 0 saturated carbocycles. The number of hydrogen-bond donors (Lipinski definition) is 1. The van der Waals surface area contributed by atoms with Gasteiger partial charge >= 0.3 is 0 Å². The van der Waals surface area contributed by atoms with Gasteiger partial charge in [-0.15, -0.1) is 0 Å². The SMILES string of the molecule is O=S1(=O)CCCC1CNC1COCc2ccccc21. The van der Waals surface area contributed by atoms with Crippen molar-refractivity contribution >= 4 is 9.84 Å². The Balaban J connectivity index is 1.69. The van der Waals surface area contributed by atoms with E-state index in [0.717, 1.165) is 12.8 Å². The van der Waals surface area contributed by atoms with Gasteiger partial charge in [0.15, 0.2) is 9.84 Å². The number of fused-ring (bicyclic) bond motifs is 1. The van der Waals surface area contributed by atoms with E-state index in [1.807, 2.05) is 12.1 Å². The van der Waals surface area contributed by atoms with E-state index in [4.69, 9.17) is 4.74 Å². The molecule has 1 aromatic rings. The third kappa shape index (κ3) is 2.68. The van der Waals surface area contributed by atoms with E-state index >= 15 is 0 Å². The van der Waals surface area contributed by atoms with Gasteiger partial charge in [0.05, 0.1) is 30.3 Å². The van der Waals surface area contributed by atoms with Crippen LogP contribution in [0.4, 0.5) is 0 Å². The summed E-state index contributed by atoms with van der Waals surface area (Å²) in [5.41, 5.74) is 2.43. The first-order chi connectivity index (χ1) is 9.17. The second-order valence-corrected chi connectivity index (χ2v) is 7.71. The average Bonchev–Trinajstić information content (AvgIpc) is 2.75. The number of ether oxygens (including phenoxy) is 1. The van der Waals surface area contributed by atoms with Crippen molar-refractivity contribution in [1.29, 1.82) is 0 Å². The van der Waals surface area contributed by atoms with Gasteiger partial charge in [-0.25, -0.2) is 8.42 Å². The molecule has 0 aromatic heterocycles. The Hall–Kier alpha value is -0.910. The van der Waals surface area contributed by atoms with Crippen molar-refractivity contribution in [2.45, 2.75) is 30.7 Å². The van der Waals surface area contributed by atoms with Crippen molar-refractivity contribution in [3.05, 3.63) is 35.4 Å². The first-order valence-corrected chi connectivity index (χ1v) is 8.49. The number of sulfone groups is 1. The molecule has 104 valence electrons. The van der Waals surface area contributed by atoms with Crippen LogP contribution in [0.25, 0.3) is 0 Å². The molecule has 4 nitrogen and oxygen atoms in total. The maximum absolute atomic E-state index is 11.8. The fraction of sp³-hybridized carbons (Fsp3) is 0.571. The number of nitrogens with one attached hydrogen (secondary N) is 1. The highest BCUT2D eigenvalue weighted by molar-refractivity contribution is 7.92. The molecule has 2 aliphatic rings. The summed E-state index contributed by atoms with van der Waals surface area (Å²) in [4.78, 5) is 0. The van der Waals surface area contributed by atoms with Crippen LogP contribution >= 0.6 is 0 Å². The molecular formula is C14H19NO3S. The highest BCUT2D eigenvalue weighted by Crippen LogP contribution is 2.25. The van der Waals surface area contributed by atoms with Gasteiger partial charge in [-0.3, -0.25) is 0 Å². The lowest BCUT2D eigenvalue weighted by Crippen LogP contribution is -2.36. The fourth-order valence-corrected chi connectivity index (χ4v) is 4.69. The minimum absolute atomic E-state index is 0.112. The lowest BCUT2D eigenvalue weighted by Gasteiger charge is -2.27. The molecule has 0 spiro atoms. The van der Waals surface area contributed by atoms with E-state index in [2.05, 4.69) is 17.4 Å². The first-order valence-electron chi connectivity index (χ1n) is 6.77. The smallest absolute Gasteiger partial charge is 0.154 e. The maximum atomic E-state index is 11.8. The van der Waals surface area contributed by atoms with E-state index in [1.165, 1.54) is 11.1 Å². The van der Waals surface area contributed by atoms with Gasteiger partial charge in [-0.2, -0.15) is 0 Å². The number of benzene rings is 1. The molecule has 3 rings (SSSR count). The van der Waals surface area contributed by atoms with Gasteiger partial charge in [0, 0.05) is 6.54 Å². The van der Waals surface area contributed by atoms with Crippen molar-refractivity contribution in [3.63, 3.8) is 0 Å². The van der Waals surface area contributed by atoms with Gasteiger partial charge in [0.1, 0.15) is 0 Å². The molecule has 0 bridgehead atoms. The van der Waals surface area contributed by atoms with E-state index in [9.17, 15) is 8.42 Å². The highest BCUT2D eigenvalue weighted by atomic mass is 32.2. The van der Waals surface area contributed by atoms with Gasteiger partial charge < -0.3 is 10.1 Å². The van der Waals surface area contributed by atoms with Crippen molar-refractivity contribution in [3.8, 4) is 0 Å². The summed E-state index contributed by atoms with van der Waals surface area (Å²) in [6.45, 7) is 1.80. The molecule has 1 aromatic carbocycles. The van der Waals surface area contributed by atoms with E-state index < -0.39 is 9.84 Å². The van der Waals surface area contributed by atoms with Crippen LogP contribution in [0.2, 0.25) is 0 Å². The summed E-state index contributed by atoms with van der Waals surface area (Å²) < 4.78 is 29.2. The Labute approximate surface area is 114 Å². The van der Waals surface area contributed by atoms with Gasteiger partial charge in [0.25, 0.3) is 0 Å². The van der Waals surface area contributed by atoms with E-state index in [-0.39, 0.29) is 11.3 Å². The van der Waals surface area contributed by atoms with Crippen LogP contribution in [0.5, 0.6) is 0 Å². The van der Waals surface area contributed by atoms with Gasteiger partial charge in [-0.1, -0.05) is 24.3 Å². The molecule has 2 aliphatic heterocycles. The van der Waals surface area contributed by atoms with Crippen molar-refractivity contribution in [2.24, 2.45) is 0 Å². The summed E-state index contributed by atoms with van der Waals surface area (Å²) in [6.07, 6.45) is 1.58. The Bertz CT molecular complexity index is 556. The molecular weight excluding hydrogens is 262 g/mol. The molecule has 0 aliphatic carbocycles. The summed E-state index contributed by atoms with van der Waals surface area (Å²) in [5.74, 6) is 0.344. The van der Waals surface area contributed by atoms with Crippen LogP contribution < -0.4 is 5.32 Å². The molecule has 2 heterocycles. The normalized spacial score (nSPS) is 29.1. The van der Waals surface area contributed by atoms with Gasteiger partial charge in [0.2, 0.25) is 0 Å². The molecule has 1 N–H and O–H groups in total. The number of hydrogen-bond acceptors (Lipinski definition) is 4. The second-order valence-electron chi connectivity index (χ2n) is 5.31. The summed E-state index contributed by atoms with van der Waals surface area (Å²) in [7, 11) is -2.87. The van der Waals surface area contributed by atoms with Gasteiger partial charge in [-0.05, 0) is 24.0 Å². The van der Waals surface area contributed by atoms with Crippen LogP contribution in [-0.4, -0.2) is 32.6 Å². The minimum atomic E-state index is -2.87. The largest absolute Gasteiger partial charge is 0.375 e. The molecule has 0 radical (unpaired) electrons. The third-order valence-corrected chi connectivity index (χ3v) is 6.30. The van der Waals surface area contributed by atoms with E-state index in [0.29, 0.717) is 25.5 Å². The molecule has 2 unspecified atom stereocenters. The van der Waals surface area contributed by atoms with Crippen LogP contribution in [0.15, 0.2) is 24.3 Å².